The first-order valence-electron chi connectivity index (χ1n) is 6.98. The number of rotatable bonds is 4. The average Bonchev–Trinajstić information content (AvgIpc) is 2.58. The Bertz CT molecular complexity index is 367. The van der Waals surface area contributed by atoms with Crippen LogP contribution in [0, 0.1) is 0 Å². The summed E-state index contributed by atoms with van der Waals surface area (Å²) in [5.74, 6) is 0. The van der Waals surface area contributed by atoms with Crippen LogP contribution in [-0.4, -0.2) is 30.6 Å². The van der Waals surface area contributed by atoms with Crippen LogP contribution in [0.25, 0.3) is 0 Å². The summed E-state index contributed by atoms with van der Waals surface area (Å²) in [6.07, 6.45) is 3.74. The van der Waals surface area contributed by atoms with Crippen molar-refractivity contribution in [3.05, 3.63) is 34.9 Å². The van der Waals surface area contributed by atoms with Gasteiger partial charge in [0.05, 0.1) is 0 Å². The first-order valence-corrected chi connectivity index (χ1v) is 7.36. The first kappa shape index (κ1) is 13.9. The van der Waals surface area contributed by atoms with Crippen LogP contribution in [0.4, 0.5) is 0 Å². The molecule has 1 aromatic carbocycles. The van der Waals surface area contributed by atoms with Gasteiger partial charge in [0.2, 0.25) is 0 Å². The summed E-state index contributed by atoms with van der Waals surface area (Å²) in [6.45, 7) is 6.67. The normalized spacial score (nSPS) is 21.8. The summed E-state index contributed by atoms with van der Waals surface area (Å²) in [4.78, 5) is 2.53. The van der Waals surface area contributed by atoms with Crippen LogP contribution in [0.3, 0.4) is 0 Å². The van der Waals surface area contributed by atoms with E-state index in [4.69, 9.17) is 11.6 Å². The van der Waals surface area contributed by atoms with Crippen molar-refractivity contribution in [3.63, 3.8) is 0 Å². The lowest BCUT2D eigenvalue weighted by atomic mass is 10.1. The molecule has 1 heterocycles. The second kappa shape index (κ2) is 7.13. The number of nitrogens with one attached hydrogen (secondary N) is 1. The number of nitrogens with zero attached hydrogens (tertiary/aromatic N) is 1. The lowest BCUT2D eigenvalue weighted by molar-refractivity contribution is 0.255. The zero-order chi connectivity index (χ0) is 12.8. The van der Waals surface area contributed by atoms with Crippen molar-refractivity contribution >= 4 is 11.6 Å². The predicted octanol–water partition coefficient (Wildman–Crippen LogP) is 3.30. The Morgan fingerprint density at radius 3 is 3.00 bits per heavy atom. The van der Waals surface area contributed by atoms with E-state index in [0.717, 1.165) is 24.7 Å². The molecule has 2 nitrogen and oxygen atoms in total. The molecule has 1 aliphatic rings. The maximum absolute atomic E-state index is 6.24. The van der Waals surface area contributed by atoms with Crippen LogP contribution in [0.5, 0.6) is 0 Å². The average molecular weight is 267 g/mol. The SMILES string of the molecule is CCCC1CN(Cc2ccccc2Cl)CCCN1. The van der Waals surface area contributed by atoms with Gasteiger partial charge in [-0.1, -0.05) is 43.1 Å². The number of benzene rings is 1. The Morgan fingerprint density at radius 2 is 2.22 bits per heavy atom. The Labute approximate surface area is 115 Å². The first-order chi connectivity index (χ1) is 8.79. The predicted molar refractivity (Wildman–Crippen MR) is 78.0 cm³/mol. The monoisotopic (exact) mass is 266 g/mol. The van der Waals surface area contributed by atoms with Crippen molar-refractivity contribution in [1.29, 1.82) is 0 Å². The molecule has 1 unspecified atom stereocenters. The minimum atomic E-state index is 0.639. The summed E-state index contributed by atoms with van der Waals surface area (Å²) in [6, 6.07) is 8.82. The molecule has 2 rings (SSSR count). The van der Waals surface area contributed by atoms with Crippen molar-refractivity contribution in [2.24, 2.45) is 0 Å². The highest BCUT2D eigenvalue weighted by molar-refractivity contribution is 6.31. The zero-order valence-electron chi connectivity index (χ0n) is 11.2. The highest BCUT2D eigenvalue weighted by Crippen LogP contribution is 2.18. The van der Waals surface area contributed by atoms with Gasteiger partial charge in [0, 0.05) is 24.2 Å². The Balaban J connectivity index is 1.97. The smallest absolute Gasteiger partial charge is 0.0451 e. The maximum Gasteiger partial charge on any atom is 0.0451 e. The maximum atomic E-state index is 6.24. The number of hydrogen-bond donors (Lipinski definition) is 1. The van der Waals surface area contributed by atoms with E-state index in [0.29, 0.717) is 6.04 Å². The molecule has 0 amide bonds. The molecule has 0 spiro atoms. The van der Waals surface area contributed by atoms with Gasteiger partial charge >= 0.3 is 0 Å². The molecule has 18 heavy (non-hydrogen) atoms. The Hall–Kier alpha value is -0.570. The largest absolute Gasteiger partial charge is 0.313 e. The Kier molecular flexibility index (Phi) is 5.48. The second-order valence-corrected chi connectivity index (χ2v) is 5.53. The zero-order valence-corrected chi connectivity index (χ0v) is 11.9. The standard InChI is InChI=1S/C15H23ClN2/c1-2-6-14-12-18(10-5-9-17-14)11-13-7-3-4-8-15(13)16/h3-4,7-8,14,17H,2,5-6,9-12H2,1H3. The fourth-order valence-electron chi connectivity index (χ4n) is 2.63. The van der Waals surface area contributed by atoms with E-state index in [1.807, 2.05) is 12.1 Å². The highest BCUT2D eigenvalue weighted by atomic mass is 35.5. The van der Waals surface area contributed by atoms with Gasteiger partial charge in [0.15, 0.2) is 0 Å². The third-order valence-electron chi connectivity index (χ3n) is 3.55. The van der Waals surface area contributed by atoms with Gasteiger partial charge in [-0.05, 0) is 37.6 Å². The van der Waals surface area contributed by atoms with E-state index in [1.165, 1.54) is 31.4 Å². The van der Waals surface area contributed by atoms with Gasteiger partial charge in [-0.2, -0.15) is 0 Å². The van der Waals surface area contributed by atoms with Gasteiger partial charge in [0.1, 0.15) is 0 Å². The van der Waals surface area contributed by atoms with Crippen LogP contribution < -0.4 is 5.32 Å². The van der Waals surface area contributed by atoms with E-state index in [1.54, 1.807) is 0 Å². The molecular weight excluding hydrogens is 244 g/mol. The van der Waals surface area contributed by atoms with Gasteiger partial charge in [-0.3, -0.25) is 4.90 Å². The van der Waals surface area contributed by atoms with Gasteiger partial charge in [0.25, 0.3) is 0 Å². The van der Waals surface area contributed by atoms with E-state index in [9.17, 15) is 0 Å². The molecule has 1 saturated heterocycles. The molecule has 0 bridgehead atoms. The van der Waals surface area contributed by atoms with Gasteiger partial charge in [-0.15, -0.1) is 0 Å². The molecule has 1 aliphatic heterocycles. The molecule has 1 atom stereocenters. The Morgan fingerprint density at radius 1 is 1.39 bits per heavy atom. The summed E-state index contributed by atoms with van der Waals surface area (Å²) in [7, 11) is 0. The van der Waals surface area contributed by atoms with Gasteiger partial charge in [-0.25, -0.2) is 0 Å². The molecule has 0 aliphatic carbocycles. The highest BCUT2D eigenvalue weighted by Gasteiger charge is 2.17. The van der Waals surface area contributed by atoms with E-state index in [2.05, 4.69) is 29.3 Å². The molecule has 1 fully saturated rings. The molecule has 1 N–H and O–H groups in total. The van der Waals surface area contributed by atoms with Crippen LogP contribution >= 0.6 is 11.6 Å². The summed E-state index contributed by atoms with van der Waals surface area (Å²) in [5, 5.41) is 4.53. The fourth-order valence-corrected chi connectivity index (χ4v) is 2.82. The lowest BCUT2D eigenvalue weighted by Gasteiger charge is -2.24. The van der Waals surface area contributed by atoms with Crippen LogP contribution in [-0.2, 0) is 6.54 Å². The van der Waals surface area contributed by atoms with E-state index >= 15 is 0 Å². The minimum absolute atomic E-state index is 0.639. The minimum Gasteiger partial charge on any atom is -0.313 e. The second-order valence-electron chi connectivity index (χ2n) is 5.12. The van der Waals surface area contributed by atoms with E-state index < -0.39 is 0 Å². The molecule has 0 aromatic heterocycles. The summed E-state index contributed by atoms with van der Waals surface area (Å²) >= 11 is 6.24. The lowest BCUT2D eigenvalue weighted by Crippen LogP contribution is -2.37. The third-order valence-corrected chi connectivity index (χ3v) is 3.92. The van der Waals surface area contributed by atoms with Gasteiger partial charge < -0.3 is 5.32 Å². The molecular formula is C15H23ClN2. The summed E-state index contributed by atoms with van der Waals surface area (Å²) in [5.41, 5.74) is 1.25. The van der Waals surface area contributed by atoms with Crippen molar-refractivity contribution in [2.75, 3.05) is 19.6 Å². The molecule has 3 heteroatoms. The quantitative estimate of drug-likeness (QED) is 0.900. The van der Waals surface area contributed by atoms with E-state index in [-0.39, 0.29) is 0 Å². The molecule has 0 saturated carbocycles. The van der Waals surface area contributed by atoms with Crippen LogP contribution in [0.1, 0.15) is 31.7 Å². The van der Waals surface area contributed by atoms with Crippen LogP contribution in [0.2, 0.25) is 5.02 Å². The topological polar surface area (TPSA) is 15.3 Å². The molecule has 1 aromatic rings. The van der Waals surface area contributed by atoms with Crippen molar-refractivity contribution in [1.82, 2.24) is 10.2 Å². The molecule has 0 radical (unpaired) electrons. The van der Waals surface area contributed by atoms with Crippen molar-refractivity contribution in [3.8, 4) is 0 Å². The van der Waals surface area contributed by atoms with Crippen molar-refractivity contribution in [2.45, 2.75) is 38.8 Å². The summed E-state index contributed by atoms with van der Waals surface area (Å²) < 4.78 is 0. The van der Waals surface area contributed by atoms with Crippen LogP contribution in [0.15, 0.2) is 24.3 Å². The fraction of sp³-hybridized carbons (Fsp3) is 0.600. The number of hydrogen-bond acceptors (Lipinski definition) is 2. The third kappa shape index (κ3) is 3.98. The molecule has 100 valence electrons. The van der Waals surface area contributed by atoms with Crippen molar-refractivity contribution < 1.29 is 0 Å². The number of halogens is 1.